The van der Waals surface area contributed by atoms with Crippen LogP contribution < -0.4 is 5.32 Å². The molecule has 3 rings (SSSR count). The first-order valence-corrected chi connectivity index (χ1v) is 5.96. The molecule has 1 aliphatic carbocycles. The number of nitrogens with one attached hydrogen (secondary N) is 1. The Bertz CT molecular complexity index is 464. The fraction of sp³-hybridized carbons (Fsp3) is 0.429. The third-order valence-electron chi connectivity index (χ3n) is 3.84. The van der Waals surface area contributed by atoms with Gasteiger partial charge < -0.3 is 5.32 Å². The average molecular weight is 217 g/mol. The van der Waals surface area contributed by atoms with Gasteiger partial charge in [-0.1, -0.05) is 12.5 Å². The van der Waals surface area contributed by atoms with E-state index in [9.17, 15) is 4.39 Å². The van der Waals surface area contributed by atoms with Crippen molar-refractivity contribution >= 4 is 11.8 Å². The SMILES string of the molecule is CC12CCCCC1=Cc1cc(F)ccc1N2. The van der Waals surface area contributed by atoms with Crippen LogP contribution in [0.1, 0.15) is 38.2 Å². The van der Waals surface area contributed by atoms with E-state index in [0.29, 0.717) is 0 Å². The highest BCUT2D eigenvalue weighted by molar-refractivity contribution is 5.75. The van der Waals surface area contributed by atoms with E-state index < -0.39 is 0 Å². The molecule has 16 heavy (non-hydrogen) atoms. The highest BCUT2D eigenvalue weighted by Crippen LogP contribution is 2.41. The fourth-order valence-corrected chi connectivity index (χ4v) is 2.86. The van der Waals surface area contributed by atoms with E-state index in [1.165, 1.54) is 30.9 Å². The quantitative estimate of drug-likeness (QED) is 0.693. The molecule has 1 atom stereocenters. The van der Waals surface area contributed by atoms with Crippen LogP contribution in [-0.4, -0.2) is 5.54 Å². The van der Waals surface area contributed by atoms with Crippen LogP contribution in [0.5, 0.6) is 0 Å². The smallest absolute Gasteiger partial charge is 0.123 e. The molecular weight excluding hydrogens is 201 g/mol. The van der Waals surface area contributed by atoms with Crippen LogP contribution in [0.2, 0.25) is 0 Å². The summed E-state index contributed by atoms with van der Waals surface area (Å²) in [5.74, 6) is -0.156. The number of benzene rings is 1. The van der Waals surface area contributed by atoms with Gasteiger partial charge >= 0.3 is 0 Å². The van der Waals surface area contributed by atoms with Gasteiger partial charge in [0.1, 0.15) is 5.82 Å². The molecule has 1 aromatic rings. The second-order valence-electron chi connectivity index (χ2n) is 5.07. The summed E-state index contributed by atoms with van der Waals surface area (Å²) in [5.41, 5.74) is 3.59. The predicted octanol–water partition coefficient (Wildman–Crippen LogP) is 3.97. The first-order chi connectivity index (χ1) is 7.67. The summed E-state index contributed by atoms with van der Waals surface area (Å²) in [5, 5.41) is 3.57. The van der Waals surface area contributed by atoms with E-state index >= 15 is 0 Å². The molecule has 0 aromatic heterocycles. The number of fused-ring (bicyclic) bond motifs is 2. The topological polar surface area (TPSA) is 12.0 Å². The highest BCUT2D eigenvalue weighted by Gasteiger charge is 2.34. The van der Waals surface area contributed by atoms with Gasteiger partial charge in [-0.15, -0.1) is 0 Å². The lowest BCUT2D eigenvalue weighted by Gasteiger charge is -2.41. The third-order valence-corrected chi connectivity index (χ3v) is 3.84. The molecule has 0 bridgehead atoms. The summed E-state index contributed by atoms with van der Waals surface area (Å²) in [6.07, 6.45) is 7.02. The largest absolute Gasteiger partial charge is 0.376 e. The molecule has 1 heterocycles. The van der Waals surface area contributed by atoms with E-state index in [0.717, 1.165) is 17.7 Å². The maximum absolute atomic E-state index is 13.2. The van der Waals surface area contributed by atoms with Crippen molar-refractivity contribution in [2.24, 2.45) is 0 Å². The summed E-state index contributed by atoms with van der Waals surface area (Å²) in [6.45, 7) is 2.25. The minimum Gasteiger partial charge on any atom is -0.376 e. The number of hydrogen-bond acceptors (Lipinski definition) is 1. The van der Waals surface area contributed by atoms with Gasteiger partial charge in [0.2, 0.25) is 0 Å². The Kier molecular flexibility index (Phi) is 2.06. The van der Waals surface area contributed by atoms with E-state index in [4.69, 9.17) is 0 Å². The standard InChI is InChI=1S/C14H16FN/c1-14-7-3-2-4-11(14)8-10-9-12(15)5-6-13(10)16-14/h5-6,8-9,16H,2-4,7H2,1H3. The van der Waals surface area contributed by atoms with Crippen LogP contribution in [0.15, 0.2) is 23.8 Å². The molecule has 1 aliphatic heterocycles. The number of rotatable bonds is 0. The Labute approximate surface area is 95.4 Å². The van der Waals surface area contributed by atoms with Crippen LogP contribution in [-0.2, 0) is 0 Å². The van der Waals surface area contributed by atoms with Gasteiger partial charge in [-0.25, -0.2) is 4.39 Å². The van der Waals surface area contributed by atoms with Crippen molar-refractivity contribution in [3.05, 3.63) is 35.2 Å². The van der Waals surface area contributed by atoms with Gasteiger partial charge in [0, 0.05) is 11.3 Å². The van der Waals surface area contributed by atoms with Gasteiger partial charge in [0.15, 0.2) is 0 Å². The third kappa shape index (κ3) is 1.44. The minimum atomic E-state index is -0.156. The monoisotopic (exact) mass is 217 g/mol. The number of hydrogen-bond donors (Lipinski definition) is 1. The molecule has 1 aromatic carbocycles. The van der Waals surface area contributed by atoms with E-state index in [1.807, 2.05) is 6.07 Å². The van der Waals surface area contributed by atoms with Gasteiger partial charge in [-0.2, -0.15) is 0 Å². The molecule has 1 saturated carbocycles. The lowest BCUT2D eigenvalue weighted by Crippen LogP contribution is -2.41. The molecule has 1 fully saturated rings. The Morgan fingerprint density at radius 2 is 2.19 bits per heavy atom. The summed E-state index contributed by atoms with van der Waals surface area (Å²) < 4.78 is 13.2. The number of anilines is 1. The number of halogens is 1. The molecule has 1 nitrogen and oxygen atoms in total. The molecule has 1 unspecified atom stereocenters. The Hall–Kier alpha value is -1.31. The molecule has 0 amide bonds. The zero-order chi connectivity index (χ0) is 11.2. The van der Waals surface area contributed by atoms with Crippen molar-refractivity contribution in [1.29, 1.82) is 0 Å². The first-order valence-electron chi connectivity index (χ1n) is 5.96. The summed E-state index contributed by atoms with van der Waals surface area (Å²) in [6, 6.07) is 4.98. The summed E-state index contributed by atoms with van der Waals surface area (Å²) in [7, 11) is 0. The van der Waals surface area contributed by atoms with Crippen molar-refractivity contribution < 1.29 is 4.39 Å². The van der Waals surface area contributed by atoms with Crippen molar-refractivity contribution in [2.75, 3.05) is 5.32 Å². The molecule has 2 heteroatoms. The lowest BCUT2D eigenvalue weighted by molar-refractivity contribution is 0.443. The molecule has 2 aliphatic rings. The Balaban J connectivity index is 2.09. The van der Waals surface area contributed by atoms with Gasteiger partial charge in [0.05, 0.1) is 5.54 Å². The summed E-state index contributed by atoms with van der Waals surface area (Å²) in [4.78, 5) is 0. The van der Waals surface area contributed by atoms with Gasteiger partial charge in [-0.3, -0.25) is 0 Å². The van der Waals surface area contributed by atoms with Gasteiger partial charge in [-0.05, 0) is 50.0 Å². The minimum absolute atomic E-state index is 0.100. The van der Waals surface area contributed by atoms with Crippen molar-refractivity contribution in [3.63, 3.8) is 0 Å². The van der Waals surface area contributed by atoms with Crippen LogP contribution in [0.4, 0.5) is 10.1 Å². The van der Waals surface area contributed by atoms with Gasteiger partial charge in [0.25, 0.3) is 0 Å². The Morgan fingerprint density at radius 3 is 3.06 bits per heavy atom. The van der Waals surface area contributed by atoms with Crippen molar-refractivity contribution in [3.8, 4) is 0 Å². The lowest BCUT2D eigenvalue weighted by atomic mass is 9.75. The van der Waals surface area contributed by atoms with Crippen LogP contribution >= 0.6 is 0 Å². The highest BCUT2D eigenvalue weighted by atomic mass is 19.1. The first kappa shape index (κ1) is 9.88. The maximum atomic E-state index is 13.2. The molecule has 0 radical (unpaired) electrons. The molecule has 84 valence electrons. The zero-order valence-corrected chi connectivity index (χ0v) is 9.52. The fourth-order valence-electron chi connectivity index (χ4n) is 2.86. The molecule has 0 saturated heterocycles. The maximum Gasteiger partial charge on any atom is 0.123 e. The van der Waals surface area contributed by atoms with E-state index in [-0.39, 0.29) is 11.4 Å². The molecular formula is C14H16FN. The average Bonchev–Trinajstić information content (AvgIpc) is 2.26. The van der Waals surface area contributed by atoms with E-state index in [1.54, 1.807) is 6.07 Å². The zero-order valence-electron chi connectivity index (χ0n) is 9.52. The molecule has 1 N–H and O–H groups in total. The van der Waals surface area contributed by atoms with Crippen LogP contribution in [0.3, 0.4) is 0 Å². The van der Waals surface area contributed by atoms with E-state index in [2.05, 4.69) is 18.3 Å². The predicted molar refractivity (Wildman–Crippen MR) is 64.9 cm³/mol. The summed E-state index contributed by atoms with van der Waals surface area (Å²) >= 11 is 0. The van der Waals surface area contributed by atoms with Crippen LogP contribution in [0, 0.1) is 5.82 Å². The van der Waals surface area contributed by atoms with Crippen LogP contribution in [0.25, 0.3) is 6.08 Å². The second-order valence-corrected chi connectivity index (χ2v) is 5.07. The molecule has 0 spiro atoms. The Morgan fingerprint density at radius 1 is 1.31 bits per heavy atom. The second kappa shape index (κ2) is 3.34. The normalized spacial score (nSPS) is 27.5. The van der Waals surface area contributed by atoms with Crippen molar-refractivity contribution in [2.45, 2.75) is 38.1 Å². The van der Waals surface area contributed by atoms with Crippen molar-refractivity contribution in [1.82, 2.24) is 0 Å².